The second kappa shape index (κ2) is 13.5. The number of aryl methyl sites for hydroxylation is 1. The van der Waals surface area contributed by atoms with Crippen molar-refractivity contribution in [1.29, 1.82) is 0 Å². The molecule has 2 amide bonds. The van der Waals surface area contributed by atoms with Crippen LogP contribution in [0.3, 0.4) is 0 Å². The Hall–Kier alpha value is -3.56. The third-order valence-electron chi connectivity index (χ3n) is 6.26. The van der Waals surface area contributed by atoms with Crippen LogP contribution >= 0.6 is 11.6 Å². The van der Waals surface area contributed by atoms with Gasteiger partial charge in [0.1, 0.15) is 18.3 Å². The summed E-state index contributed by atoms with van der Waals surface area (Å²) in [6.07, 6.45) is 0.733. The van der Waals surface area contributed by atoms with Gasteiger partial charge in [-0.05, 0) is 68.3 Å². The summed E-state index contributed by atoms with van der Waals surface area (Å²) in [6, 6.07) is 19.0. The molecule has 0 fully saturated rings. The molecule has 1 atom stereocenters. The molecule has 0 aliphatic heterocycles. The molecule has 8 nitrogen and oxygen atoms in total. The summed E-state index contributed by atoms with van der Waals surface area (Å²) in [5, 5.41) is 3.26. The number of carbonyl (C=O) groups is 2. The van der Waals surface area contributed by atoms with E-state index in [1.807, 2.05) is 13.8 Å². The Kier molecular flexibility index (Phi) is 10.4. The second-order valence-corrected chi connectivity index (χ2v) is 11.4. The van der Waals surface area contributed by atoms with Gasteiger partial charge in [-0.15, -0.1) is 0 Å². The van der Waals surface area contributed by atoms with Crippen LogP contribution in [-0.2, 0) is 26.2 Å². The van der Waals surface area contributed by atoms with Crippen LogP contribution < -0.4 is 14.4 Å². The van der Waals surface area contributed by atoms with Crippen LogP contribution in [0.25, 0.3) is 0 Å². The van der Waals surface area contributed by atoms with Gasteiger partial charge >= 0.3 is 0 Å². The summed E-state index contributed by atoms with van der Waals surface area (Å²) < 4.78 is 33.9. The summed E-state index contributed by atoms with van der Waals surface area (Å²) in [5.74, 6) is -0.352. The molecule has 0 radical (unpaired) electrons. The van der Waals surface area contributed by atoms with E-state index < -0.39 is 28.5 Å². The molecule has 0 aliphatic carbocycles. The van der Waals surface area contributed by atoms with Gasteiger partial charge in [-0.25, -0.2) is 8.42 Å². The van der Waals surface area contributed by atoms with E-state index >= 15 is 0 Å². The number of nitrogens with zero attached hydrogens (tertiary/aromatic N) is 2. The highest BCUT2D eigenvalue weighted by molar-refractivity contribution is 7.92. The predicted octanol–water partition coefficient (Wildman–Crippen LogP) is 4.80. The van der Waals surface area contributed by atoms with E-state index in [0.717, 1.165) is 16.3 Å². The number of ether oxygens (including phenoxy) is 1. The van der Waals surface area contributed by atoms with Gasteiger partial charge in [-0.3, -0.25) is 13.9 Å². The number of amides is 2. The summed E-state index contributed by atoms with van der Waals surface area (Å²) >= 11 is 6.38. The largest absolute Gasteiger partial charge is 0.497 e. The molecule has 0 aromatic heterocycles. The highest BCUT2D eigenvalue weighted by atomic mass is 35.5. The zero-order valence-corrected chi connectivity index (χ0v) is 24.1. The van der Waals surface area contributed by atoms with Crippen LogP contribution in [0.2, 0.25) is 5.02 Å². The Morgan fingerprint density at radius 2 is 1.64 bits per heavy atom. The van der Waals surface area contributed by atoms with E-state index in [2.05, 4.69) is 5.32 Å². The predicted molar refractivity (Wildman–Crippen MR) is 153 cm³/mol. The lowest BCUT2D eigenvalue weighted by atomic mass is 10.1. The first-order valence-corrected chi connectivity index (χ1v) is 14.4. The number of hydrogen-bond acceptors (Lipinski definition) is 5. The molecule has 0 heterocycles. The first kappa shape index (κ1) is 30.0. The number of benzene rings is 3. The zero-order valence-electron chi connectivity index (χ0n) is 22.6. The molecule has 0 spiro atoms. The van der Waals surface area contributed by atoms with Crippen LogP contribution in [0.5, 0.6) is 5.75 Å². The SMILES string of the molecule is CCCNC(=O)C(C)N(Cc1ccccc1Cl)C(=O)CN(c1ccc(OC)cc1)S(=O)(=O)c1ccc(C)cc1. The molecule has 0 aliphatic rings. The molecular formula is C29H34ClN3O5S. The fourth-order valence-electron chi connectivity index (χ4n) is 3.90. The van der Waals surface area contributed by atoms with E-state index in [-0.39, 0.29) is 23.0 Å². The van der Waals surface area contributed by atoms with Crippen molar-refractivity contribution in [3.63, 3.8) is 0 Å². The standard InChI is InChI=1S/C29H34ClN3O5S/c1-5-18-31-29(35)22(3)32(19-23-8-6-7-9-27(23)30)28(34)20-33(24-12-14-25(38-4)15-13-24)39(36,37)26-16-10-21(2)11-17-26/h6-17,22H,5,18-20H2,1-4H3,(H,31,35). The summed E-state index contributed by atoms with van der Waals surface area (Å²) in [5.41, 5.74) is 1.82. The average Bonchev–Trinajstić information content (AvgIpc) is 2.94. The van der Waals surface area contributed by atoms with Crippen molar-refractivity contribution in [3.8, 4) is 5.75 Å². The van der Waals surface area contributed by atoms with Gasteiger partial charge in [-0.1, -0.05) is 54.4 Å². The number of carbonyl (C=O) groups excluding carboxylic acids is 2. The molecule has 1 unspecified atom stereocenters. The average molecular weight is 572 g/mol. The van der Waals surface area contributed by atoms with Gasteiger partial charge in [0.25, 0.3) is 10.0 Å². The fraction of sp³-hybridized carbons (Fsp3) is 0.310. The lowest BCUT2D eigenvalue weighted by molar-refractivity contribution is -0.139. The lowest BCUT2D eigenvalue weighted by Crippen LogP contribution is -2.51. The van der Waals surface area contributed by atoms with Crippen molar-refractivity contribution in [2.75, 3.05) is 24.5 Å². The first-order valence-electron chi connectivity index (χ1n) is 12.6. The Bertz CT molecular complexity index is 1380. The molecule has 208 valence electrons. The van der Waals surface area contributed by atoms with Gasteiger partial charge in [0, 0.05) is 18.1 Å². The maximum atomic E-state index is 13.9. The molecule has 0 saturated carbocycles. The highest BCUT2D eigenvalue weighted by Crippen LogP contribution is 2.27. The summed E-state index contributed by atoms with van der Waals surface area (Å²) in [4.78, 5) is 28.2. The second-order valence-electron chi connectivity index (χ2n) is 9.10. The van der Waals surface area contributed by atoms with Crippen molar-refractivity contribution < 1.29 is 22.7 Å². The molecule has 10 heteroatoms. The number of halogens is 1. The number of methoxy groups -OCH3 is 1. The normalized spacial score (nSPS) is 11.9. The minimum atomic E-state index is -4.14. The Labute approximate surface area is 235 Å². The van der Waals surface area contributed by atoms with Crippen molar-refractivity contribution in [2.24, 2.45) is 0 Å². The molecule has 3 rings (SSSR count). The van der Waals surface area contributed by atoms with Gasteiger partial charge in [0.2, 0.25) is 11.8 Å². The van der Waals surface area contributed by atoms with Crippen molar-refractivity contribution in [2.45, 2.75) is 44.7 Å². The van der Waals surface area contributed by atoms with E-state index in [1.54, 1.807) is 67.6 Å². The number of nitrogens with one attached hydrogen (secondary N) is 1. The van der Waals surface area contributed by atoms with Crippen LogP contribution in [-0.4, -0.2) is 51.4 Å². The molecule has 3 aromatic carbocycles. The Balaban J connectivity index is 2.03. The Morgan fingerprint density at radius 3 is 2.23 bits per heavy atom. The van der Waals surface area contributed by atoms with Crippen molar-refractivity contribution in [1.82, 2.24) is 10.2 Å². The van der Waals surface area contributed by atoms with Crippen molar-refractivity contribution in [3.05, 3.63) is 88.9 Å². The number of rotatable bonds is 12. The van der Waals surface area contributed by atoms with Crippen LogP contribution in [0, 0.1) is 6.92 Å². The smallest absolute Gasteiger partial charge is 0.264 e. The molecular weight excluding hydrogens is 538 g/mol. The topological polar surface area (TPSA) is 96.0 Å². The van der Waals surface area contributed by atoms with E-state index in [0.29, 0.717) is 22.9 Å². The quantitative estimate of drug-likeness (QED) is 0.337. The molecule has 3 aromatic rings. The van der Waals surface area contributed by atoms with Crippen molar-refractivity contribution >= 4 is 39.1 Å². The van der Waals surface area contributed by atoms with Crippen LogP contribution in [0.1, 0.15) is 31.4 Å². The number of sulfonamides is 1. The van der Waals surface area contributed by atoms with Crippen LogP contribution in [0.15, 0.2) is 77.7 Å². The lowest BCUT2D eigenvalue weighted by Gasteiger charge is -2.32. The third-order valence-corrected chi connectivity index (χ3v) is 8.42. The first-order chi connectivity index (χ1) is 18.6. The molecule has 0 bridgehead atoms. The monoisotopic (exact) mass is 571 g/mol. The van der Waals surface area contributed by atoms with Crippen LogP contribution in [0.4, 0.5) is 5.69 Å². The summed E-state index contributed by atoms with van der Waals surface area (Å²) in [6.45, 7) is 5.36. The van der Waals surface area contributed by atoms with E-state index in [1.165, 1.54) is 24.1 Å². The van der Waals surface area contributed by atoms with E-state index in [9.17, 15) is 18.0 Å². The molecule has 1 N–H and O–H groups in total. The maximum Gasteiger partial charge on any atom is 0.264 e. The number of anilines is 1. The minimum Gasteiger partial charge on any atom is -0.497 e. The van der Waals surface area contributed by atoms with Gasteiger partial charge in [0.05, 0.1) is 17.7 Å². The number of hydrogen-bond donors (Lipinski definition) is 1. The fourth-order valence-corrected chi connectivity index (χ4v) is 5.51. The minimum absolute atomic E-state index is 0.0280. The molecule has 0 saturated heterocycles. The van der Waals surface area contributed by atoms with E-state index in [4.69, 9.17) is 16.3 Å². The Morgan fingerprint density at radius 1 is 1.00 bits per heavy atom. The van der Waals surface area contributed by atoms with Gasteiger partial charge in [-0.2, -0.15) is 0 Å². The zero-order chi connectivity index (χ0) is 28.6. The van der Waals surface area contributed by atoms with Gasteiger partial charge < -0.3 is 15.0 Å². The third kappa shape index (κ3) is 7.52. The maximum absolute atomic E-state index is 13.9. The highest BCUT2D eigenvalue weighted by Gasteiger charge is 2.32. The summed E-state index contributed by atoms with van der Waals surface area (Å²) in [7, 11) is -2.63. The molecule has 39 heavy (non-hydrogen) atoms. The van der Waals surface area contributed by atoms with Gasteiger partial charge in [0.15, 0.2) is 0 Å².